The van der Waals surface area contributed by atoms with Gasteiger partial charge >= 0.3 is 0 Å². The second kappa shape index (κ2) is 5.97. The van der Waals surface area contributed by atoms with E-state index in [0.717, 1.165) is 16.8 Å². The van der Waals surface area contributed by atoms with Crippen molar-refractivity contribution in [3.63, 3.8) is 0 Å². The van der Waals surface area contributed by atoms with Crippen LogP contribution in [0, 0.1) is 6.92 Å². The van der Waals surface area contributed by atoms with E-state index in [1.165, 1.54) is 0 Å². The lowest BCUT2D eigenvalue weighted by molar-refractivity contribution is -0.108. The summed E-state index contributed by atoms with van der Waals surface area (Å²) in [5, 5.41) is 11.7. The number of amides is 1. The highest BCUT2D eigenvalue weighted by molar-refractivity contribution is 5.81. The van der Waals surface area contributed by atoms with E-state index in [1.54, 1.807) is 18.7 Å². The Morgan fingerprint density at radius 2 is 2.16 bits per heavy atom. The van der Waals surface area contributed by atoms with Crippen molar-refractivity contribution in [1.29, 1.82) is 0 Å². The van der Waals surface area contributed by atoms with Gasteiger partial charge in [0.05, 0.1) is 18.6 Å². The normalized spacial score (nSPS) is 11.4. The minimum atomic E-state index is 0.00106. The number of benzene rings is 1. The van der Waals surface area contributed by atoms with E-state index in [9.17, 15) is 4.79 Å². The molecule has 0 bridgehead atoms. The molecule has 5 heteroatoms. The van der Waals surface area contributed by atoms with Gasteiger partial charge in [-0.05, 0) is 18.1 Å². The van der Waals surface area contributed by atoms with Gasteiger partial charge in [-0.2, -0.15) is 0 Å². The second-order valence-electron chi connectivity index (χ2n) is 4.10. The fraction of sp³-hybridized carbons (Fsp3) is 0.143. The highest BCUT2D eigenvalue weighted by Gasteiger charge is 2.02. The molecule has 0 aliphatic carbocycles. The van der Waals surface area contributed by atoms with Crippen LogP contribution in [0.4, 0.5) is 0 Å². The van der Waals surface area contributed by atoms with E-state index >= 15 is 0 Å². The van der Waals surface area contributed by atoms with Crippen LogP contribution < -0.4 is 5.32 Å². The molecule has 1 heterocycles. The van der Waals surface area contributed by atoms with Crippen LogP contribution in [0.5, 0.6) is 0 Å². The van der Waals surface area contributed by atoms with Crippen LogP contribution in [0.25, 0.3) is 11.9 Å². The molecule has 1 aromatic carbocycles. The average Bonchev–Trinajstić information content (AvgIpc) is 2.84. The monoisotopic (exact) mass is 257 g/mol. The summed E-state index contributed by atoms with van der Waals surface area (Å²) in [5.74, 6) is 0. The number of hydrogen-bond donors (Lipinski definition) is 2. The van der Waals surface area contributed by atoms with Crippen LogP contribution in [0.3, 0.4) is 0 Å². The molecule has 1 amide bonds. The van der Waals surface area contributed by atoms with Gasteiger partial charge in [0.2, 0.25) is 6.41 Å². The number of carbonyl (C=O) groups excluding carboxylic acids is 1. The molecule has 0 saturated carbocycles. The number of hydrogen-bond acceptors (Lipinski definition) is 3. The zero-order chi connectivity index (χ0) is 13.7. The van der Waals surface area contributed by atoms with Gasteiger partial charge < -0.3 is 15.0 Å². The van der Waals surface area contributed by atoms with Gasteiger partial charge in [0, 0.05) is 18.1 Å². The van der Waals surface area contributed by atoms with Crippen molar-refractivity contribution < 1.29 is 9.90 Å². The predicted octanol–water partition coefficient (Wildman–Crippen LogP) is 1.39. The molecule has 0 radical (unpaired) electrons. The maximum absolute atomic E-state index is 10.7. The van der Waals surface area contributed by atoms with Gasteiger partial charge in [0.1, 0.15) is 0 Å². The standard InChI is InChI=1S/C14H15N3O2/c1-11-6-15-9-17(11)7-14(16-10-19)13-4-2-12(8-18)3-5-13/h2-7,9-10,18H,8H2,1H3,(H,16,19)/b14-7-. The summed E-state index contributed by atoms with van der Waals surface area (Å²) in [5.41, 5.74) is 3.32. The molecule has 0 spiro atoms. The molecule has 0 fully saturated rings. The zero-order valence-electron chi connectivity index (χ0n) is 10.6. The molecule has 2 aromatic rings. The third kappa shape index (κ3) is 3.08. The molecule has 2 N–H and O–H groups in total. The van der Waals surface area contributed by atoms with E-state index in [0.29, 0.717) is 12.1 Å². The van der Waals surface area contributed by atoms with Crippen LogP contribution >= 0.6 is 0 Å². The maximum atomic E-state index is 10.7. The highest BCUT2D eigenvalue weighted by atomic mass is 16.3. The minimum Gasteiger partial charge on any atom is -0.392 e. The van der Waals surface area contributed by atoms with Crippen LogP contribution in [-0.4, -0.2) is 21.1 Å². The van der Waals surface area contributed by atoms with Crippen LogP contribution in [0.15, 0.2) is 36.8 Å². The van der Waals surface area contributed by atoms with Crippen molar-refractivity contribution in [2.24, 2.45) is 0 Å². The number of nitrogens with zero attached hydrogens (tertiary/aromatic N) is 2. The highest BCUT2D eigenvalue weighted by Crippen LogP contribution is 2.14. The number of aliphatic hydroxyl groups excluding tert-OH is 1. The Morgan fingerprint density at radius 3 is 2.68 bits per heavy atom. The molecule has 0 aliphatic heterocycles. The predicted molar refractivity (Wildman–Crippen MR) is 72.7 cm³/mol. The smallest absolute Gasteiger partial charge is 0.211 e. The first-order valence-electron chi connectivity index (χ1n) is 5.85. The summed E-state index contributed by atoms with van der Waals surface area (Å²) in [6.45, 7) is 1.93. The van der Waals surface area contributed by atoms with E-state index < -0.39 is 0 Å². The average molecular weight is 257 g/mol. The Labute approximate surface area is 111 Å². The molecule has 0 aliphatic rings. The number of imidazole rings is 1. The van der Waals surface area contributed by atoms with Gasteiger partial charge in [0.25, 0.3) is 0 Å². The molecule has 0 unspecified atom stereocenters. The third-order valence-corrected chi connectivity index (χ3v) is 2.79. The quantitative estimate of drug-likeness (QED) is 0.795. The van der Waals surface area contributed by atoms with E-state index in [2.05, 4.69) is 10.3 Å². The largest absolute Gasteiger partial charge is 0.392 e. The number of aryl methyl sites for hydroxylation is 1. The Balaban J connectivity index is 2.36. The third-order valence-electron chi connectivity index (χ3n) is 2.79. The van der Waals surface area contributed by atoms with Crippen LogP contribution in [0.2, 0.25) is 0 Å². The maximum Gasteiger partial charge on any atom is 0.211 e. The Morgan fingerprint density at radius 1 is 1.42 bits per heavy atom. The molecule has 1 aromatic heterocycles. The van der Waals surface area contributed by atoms with Crippen LogP contribution in [0.1, 0.15) is 16.8 Å². The Kier molecular flexibility index (Phi) is 4.10. The van der Waals surface area contributed by atoms with Gasteiger partial charge in [0.15, 0.2) is 0 Å². The lowest BCUT2D eigenvalue weighted by atomic mass is 10.1. The number of aromatic nitrogens is 2. The summed E-state index contributed by atoms with van der Waals surface area (Å²) in [6, 6.07) is 7.33. The Bertz CT molecular complexity index is 585. The van der Waals surface area contributed by atoms with Gasteiger partial charge in [-0.3, -0.25) is 4.79 Å². The fourth-order valence-electron chi connectivity index (χ4n) is 1.69. The van der Waals surface area contributed by atoms with Gasteiger partial charge in [-0.1, -0.05) is 24.3 Å². The summed E-state index contributed by atoms with van der Waals surface area (Å²) < 4.78 is 1.83. The van der Waals surface area contributed by atoms with Crippen molar-refractivity contribution >= 4 is 18.3 Å². The Hall–Kier alpha value is -2.40. The van der Waals surface area contributed by atoms with Gasteiger partial charge in [-0.15, -0.1) is 0 Å². The molecule has 0 saturated heterocycles. The zero-order valence-corrected chi connectivity index (χ0v) is 10.6. The van der Waals surface area contributed by atoms with E-state index in [-0.39, 0.29) is 6.61 Å². The topological polar surface area (TPSA) is 67.2 Å². The molecule has 2 rings (SSSR count). The number of nitrogens with one attached hydrogen (secondary N) is 1. The summed E-state index contributed by atoms with van der Waals surface area (Å²) in [6.07, 6.45) is 5.84. The van der Waals surface area contributed by atoms with Crippen LogP contribution in [-0.2, 0) is 11.4 Å². The van der Waals surface area contributed by atoms with Crippen molar-refractivity contribution in [2.45, 2.75) is 13.5 Å². The molecule has 0 atom stereocenters. The lowest BCUT2D eigenvalue weighted by Crippen LogP contribution is -2.10. The number of aliphatic hydroxyl groups is 1. The summed E-state index contributed by atoms with van der Waals surface area (Å²) >= 11 is 0. The first kappa shape index (κ1) is 13.0. The number of carbonyl (C=O) groups is 1. The lowest BCUT2D eigenvalue weighted by Gasteiger charge is -2.08. The second-order valence-corrected chi connectivity index (χ2v) is 4.10. The van der Waals surface area contributed by atoms with Gasteiger partial charge in [-0.25, -0.2) is 4.98 Å². The molecular formula is C14H15N3O2. The molecule has 19 heavy (non-hydrogen) atoms. The van der Waals surface area contributed by atoms with E-state index in [4.69, 9.17) is 5.11 Å². The van der Waals surface area contributed by atoms with Crippen molar-refractivity contribution in [1.82, 2.24) is 14.9 Å². The number of rotatable bonds is 5. The molecule has 5 nitrogen and oxygen atoms in total. The summed E-state index contributed by atoms with van der Waals surface area (Å²) in [4.78, 5) is 14.7. The van der Waals surface area contributed by atoms with Crippen molar-refractivity contribution in [3.05, 3.63) is 53.6 Å². The molecule has 98 valence electrons. The van der Waals surface area contributed by atoms with Crippen molar-refractivity contribution in [3.8, 4) is 0 Å². The summed E-state index contributed by atoms with van der Waals surface area (Å²) in [7, 11) is 0. The SMILES string of the molecule is Cc1cncn1/C=C(\NC=O)c1ccc(CO)cc1. The first-order valence-corrected chi connectivity index (χ1v) is 5.85. The fourth-order valence-corrected chi connectivity index (χ4v) is 1.69. The first-order chi connectivity index (χ1) is 9.24. The van der Waals surface area contributed by atoms with Crippen molar-refractivity contribution in [2.75, 3.05) is 0 Å². The molecular weight excluding hydrogens is 242 g/mol. The van der Waals surface area contributed by atoms with E-state index in [1.807, 2.05) is 35.8 Å². The minimum absolute atomic E-state index is 0.00106.